The summed E-state index contributed by atoms with van der Waals surface area (Å²) in [6.45, 7) is 0. The number of rotatable bonds is 3. The molecule has 5 atom stereocenters. The Kier molecular flexibility index (Phi) is 3.59. The van der Waals surface area contributed by atoms with E-state index < -0.39 is 11.5 Å². The molecular weight excluding hydrogens is 342 g/mol. The third-order valence-corrected chi connectivity index (χ3v) is 6.81. The first-order valence-electron chi connectivity index (χ1n) is 9.73. The summed E-state index contributed by atoms with van der Waals surface area (Å²) < 4.78 is 0. The largest absolute Gasteiger partial charge is 0.390 e. The van der Waals surface area contributed by atoms with E-state index in [9.17, 15) is 9.90 Å². The molecule has 1 amide bonds. The Hall–Kier alpha value is -2.41. The van der Waals surface area contributed by atoms with Gasteiger partial charge < -0.3 is 21.9 Å². The fraction of sp³-hybridized carbons (Fsp3) is 0.550. The van der Waals surface area contributed by atoms with Crippen molar-refractivity contribution in [2.45, 2.75) is 50.2 Å². The van der Waals surface area contributed by atoms with Crippen LogP contribution in [0.15, 0.2) is 17.3 Å². The highest BCUT2D eigenvalue weighted by atomic mass is 16.3. The number of guanidine groups is 1. The number of hydrogen-bond acceptors (Lipinski definition) is 4. The van der Waals surface area contributed by atoms with Crippen LogP contribution in [0.2, 0.25) is 0 Å². The smallest absolute Gasteiger partial charge is 0.283 e. The molecule has 27 heavy (non-hydrogen) atoms. The van der Waals surface area contributed by atoms with Gasteiger partial charge in [-0.15, -0.1) is 0 Å². The van der Waals surface area contributed by atoms with Gasteiger partial charge in [0, 0.05) is 24.2 Å². The monoisotopic (exact) mass is 367 g/mol. The number of carbonyl (C=O) groups excluding carboxylic acids is 1. The second kappa shape index (κ2) is 5.79. The van der Waals surface area contributed by atoms with E-state index in [4.69, 9.17) is 11.5 Å². The number of nitrogens with zero attached hydrogens (tertiary/aromatic N) is 2. The first kappa shape index (κ1) is 16.7. The molecule has 142 valence electrons. The molecule has 4 saturated carbocycles. The van der Waals surface area contributed by atoms with E-state index in [0.29, 0.717) is 23.3 Å². The standard InChI is InChI=1S/C20H25N5O2/c21-19(22)25-18(26)14-9-23-15-3-1-2-13(15)17(14)24-16-11-4-10-5-12(16)8-20(27,6-10)7-11/h1-2,9-12,16,27H,3-8H2,(H,23,24)(H4,21,22,25,26)/t10?,11-,12+,16?,20?. The van der Waals surface area contributed by atoms with Crippen LogP contribution in [0.5, 0.6) is 0 Å². The van der Waals surface area contributed by atoms with Gasteiger partial charge >= 0.3 is 0 Å². The Labute approximate surface area is 157 Å². The van der Waals surface area contributed by atoms with E-state index >= 15 is 0 Å². The molecule has 0 aliphatic heterocycles. The van der Waals surface area contributed by atoms with Crippen LogP contribution < -0.4 is 16.8 Å². The Morgan fingerprint density at radius 3 is 2.67 bits per heavy atom. The molecule has 6 rings (SSSR count). The van der Waals surface area contributed by atoms with Crippen molar-refractivity contribution in [3.05, 3.63) is 29.1 Å². The van der Waals surface area contributed by atoms with Gasteiger partial charge in [-0.1, -0.05) is 12.2 Å². The summed E-state index contributed by atoms with van der Waals surface area (Å²) in [5, 5.41) is 14.5. The average molecular weight is 367 g/mol. The molecule has 1 aromatic heterocycles. The molecule has 0 spiro atoms. The van der Waals surface area contributed by atoms with Gasteiger partial charge in [-0.05, 0) is 49.9 Å². The van der Waals surface area contributed by atoms with E-state index in [1.165, 1.54) is 0 Å². The Bertz CT molecular complexity index is 857. The molecule has 5 aliphatic rings. The predicted molar refractivity (Wildman–Crippen MR) is 103 cm³/mol. The number of fused-ring (bicyclic) bond motifs is 1. The Morgan fingerprint density at radius 1 is 1.26 bits per heavy atom. The van der Waals surface area contributed by atoms with Gasteiger partial charge in [0.15, 0.2) is 5.96 Å². The van der Waals surface area contributed by atoms with Crippen LogP contribution in [0.25, 0.3) is 6.08 Å². The topological polar surface area (TPSA) is 127 Å². The lowest BCUT2D eigenvalue weighted by molar-refractivity contribution is -0.129. The zero-order chi connectivity index (χ0) is 18.8. The fourth-order valence-electron chi connectivity index (χ4n) is 6.08. The summed E-state index contributed by atoms with van der Waals surface area (Å²) in [5.74, 6) is 0.772. The van der Waals surface area contributed by atoms with Gasteiger partial charge in [-0.25, -0.2) is 0 Å². The number of aliphatic imine (C=N–C) groups is 1. The molecule has 3 unspecified atom stereocenters. The van der Waals surface area contributed by atoms with Crippen molar-refractivity contribution < 1.29 is 9.90 Å². The molecule has 1 heterocycles. The quantitative estimate of drug-likeness (QED) is 0.473. The summed E-state index contributed by atoms with van der Waals surface area (Å²) in [6.07, 6.45) is 11.3. The van der Waals surface area contributed by atoms with Gasteiger partial charge in [-0.3, -0.25) is 9.78 Å². The second-order valence-corrected chi connectivity index (χ2v) is 8.72. The third kappa shape index (κ3) is 2.72. The summed E-state index contributed by atoms with van der Waals surface area (Å²) in [6, 6.07) is 0.257. The number of aromatic nitrogens is 1. The molecule has 0 saturated heterocycles. The van der Waals surface area contributed by atoms with Crippen LogP contribution in [0.4, 0.5) is 5.69 Å². The first-order valence-corrected chi connectivity index (χ1v) is 9.73. The normalized spacial score (nSPS) is 35.1. The third-order valence-electron chi connectivity index (χ3n) is 6.81. The van der Waals surface area contributed by atoms with Crippen LogP contribution in [0.1, 0.15) is 53.7 Å². The van der Waals surface area contributed by atoms with Crippen molar-refractivity contribution in [1.29, 1.82) is 0 Å². The van der Waals surface area contributed by atoms with Crippen molar-refractivity contribution in [3.8, 4) is 0 Å². The number of allylic oxidation sites excluding steroid dienone is 1. The summed E-state index contributed by atoms with van der Waals surface area (Å²) in [7, 11) is 0. The number of aliphatic hydroxyl groups is 1. The molecular formula is C20H25N5O2. The number of anilines is 1. The van der Waals surface area contributed by atoms with E-state index in [1.807, 2.05) is 6.08 Å². The fourth-order valence-corrected chi connectivity index (χ4v) is 6.08. The highest BCUT2D eigenvalue weighted by Crippen LogP contribution is 2.56. The lowest BCUT2D eigenvalue weighted by Gasteiger charge is -2.58. The van der Waals surface area contributed by atoms with E-state index in [-0.39, 0.29) is 12.0 Å². The maximum absolute atomic E-state index is 12.6. The van der Waals surface area contributed by atoms with Crippen LogP contribution in [0, 0.1) is 17.8 Å². The molecule has 1 aromatic rings. The number of nitrogens with two attached hydrogens (primary N) is 2. The number of hydrogen-bond donors (Lipinski definition) is 4. The summed E-state index contributed by atoms with van der Waals surface area (Å²) >= 11 is 0. The van der Waals surface area contributed by atoms with Crippen molar-refractivity contribution in [1.82, 2.24) is 4.98 Å². The Balaban J connectivity index is 1.52. The van der Waals surface area contributed by atoms with Crippen LogP contribution >= 0.6 is 0 Å². The van der Waals surface area contributed by atoms with Crippen molar-refractivity contribution in [2.24, 2.45) is 34.2 Å². The molecule has 7 nitrogen and oxygen atoms in total. The minimum absolute atomic E-state index is 0.251. The lowest BCUT2D eigenvalue weighted by atomic mass is 9.52. The van der Waals surface area contributed by atoms with Crippen molar-refractivity contribution in [3.63, 3.8) is 0 Å². The maximum atomic E-state index is 12.6. The first-order chi connectivity index (χ1) is 12.9. The van der Waals surface area contributed by atoms with Crippen LogP contribution in [-0.4, -0.2) is 33.6 Å². The number of pyridine rings is 1. The molecule has 7 heteroatoms. The van der Waals surface area contributed by atoms with Gasteiger partial charge in [0.05, 0.1) is 22.5 Å². The molecule has 0 aromatic carbocycles. The zero-order valence-corrected chi connectivity index (χ0v) is 15.2. The predicted octanol–water partition coefficient (Wildman–Crippen LogP) is 1.42. The lowest BCUT2D eigenvalue weighted by Crippen LogP contribution is -2.59. The highest BCUT2D eigenvalue weighted by molar-refractivity contribution is 6.06. The number of nitrogens with one attached hydrogen (secondary N) is 1. The molecule has 4 fully saturated rings. The molecule has 6 N–H and O–H groups in total. The summed E-state index contributed by atoms with van der Waals surface area (Å²) in [4.78, 5) is 20.7. The van der Waals surface area contributed by atoms with E-state index in [1.54, 1.807) is 6.20 Å². The minimum atomic E-state index is -0.480. The van der Waals surface area contributed by atoms with Crippen molar-refractivity contribution in [2.75, 3.05) is 5.32 Å². The SMILES string of the molecule is NC(N)=NC(=O)c1cnc2c(c1NC1[C@@H]3CC4C[C@H]1CC(O)(C4)C3)C=CC2. The molecule has 5 aliphatic carbocycles. The summed E-state index contributed by atoms with van der Waals surface area (Å²) in [5.41, 5.74) is 13.4. The number of amides is 1. The molecule has 4 bridgehead atoms. The number of carbonyl (C=O) groups is 1. The maximum Gasteiger partial charge on any atom is 0.283 e. The van der Waals surface area contributed by atoms with Crippen molar-refractivity contribution >= 4 is 23.6 Å². The van der Waals surface area contributed by atoms with E-state index in [2.05, 4.69) is 21.4 Å². The van der Waals surface area contributed by atoms with Gasteiger partial charge in [-0.2, -0.15) is 4.99 Å². The Morgan fingerprint density at radius 2 is 2.00 bits per heavy atom. The van der Waals surface area contributed by atoms with Crippen LogP contribution in [-0.2, 0) is 6.42 Å². The zero-order valence-electron chi connectivity index (χ0n) is 15.2. The van der Waals surface area contributed by atoms with E-state index in [0.717, 1.165) is 55.5 Å². The highest BCUT2D eigenvalue weighted by Gasteiger charge is 2.54. The average Bonchev–Trinajstić information content (AvgIpc) is 3.04. The van der Waals surface area contributed by atoms with Gasteiger partial charge in [0.1, 0.15) is 0 Å². The van der Waals surface area contributed by atoms with Gasteiger partial charge in [0.2, 0.25) is 0 Å². The molecule has 0 radical (unpaired) electrons. The van der Waals surface area contributed by atoms with Crippen LogP contribution in [0.3, 0.4) is 0 Å². The minimum Gasteiger partial charge on any atom is -0.390 e. The second-order valence-electron chi connectivity index (χ2n) is 8.72. The van der Waals surface area contributed by atoms with Gasteiger partial charge in [0.25, 0.3) is 5.91 Å².